The Morgan fingerprint density at radius 3 is 2.37 bits per heavy atom. The zero-order chi connectivity index (χ0) is 13.9. The predicted molar refractivity (Wildman–Crippen MR) is 76.9 cm³/mol. The molecule has 0 heterocycles. The standard InChI is InChI=1S/C16H29NO2/c1-12(17-14(3)18)13(2)19-11-15-5-9-16(10-6-15)7-4-8-16/h12-13,15H,4-11H2,1-3H3,(H,17,18). The zero-order valence-corrected chi connectivity index (χ0v) is 12.7. The fraction of sp³-hybridized carbons (Fsp3) is 0.938. The van der Waals surface area contributed by atoms with E-state index in [1.807, 2.05) is 6.92 Å². The smallest absolute Gasteiger partial charge is 0.217 e. The molecule has 3 heteroatoms. The molecule has 2 unspecified atom stereocenters. The minimum atomic E-state index is 0.0209. The lowest BCUT2D eigenvalue weighted by Gasteiger charge is -2.47. The number of hydrogen-bond donors (Lipinski definition) is 1. The van der Waals surface area contributed by atoms with Gasteiger partial charge in [-0.25, -0.2) is 0 Å². The molecule has 19 heavy (non-hydrogen) atoms. The van der Waals surface area contributed by atoms with Crippen molar-refractivity contribution >= 4 is 5.91 Å². The summed E-state index contributed by atoms with van der Waals surface area (Å²) in [7, 11) is 0. The van der Waals surface area contributed by atoms with E-state index in [1.54, 1.807) is 6.92 Å². The van der Waals surface area contributed by atoms with Gasteiger partial charge < -0.3 is 10.1 Å². The number of carbonyl (C=O) groups excluding carboxylic acids is 1. The second kappa shape index (κ2) is 6.25. The summed E-state index contributed by atoms with van der Waals surface area (Å²) < 4.78 is 5.95. The summed E-state index contributed by atoms with van der Waals surface area (Å²) in [5.74, 6) is 0.755. The van der Waals surface area contributed by atoms with E-state index in [1.165, 1.54) is 44.9 Å². The number of carbonyl (C=O) groups is 1. The van der Waals surface area contributed by atoms with Crippen molar-refractivity contribution in [3.63, 3.8) is 0 Å². The molecule has 2 aliphatic rings. The summed E-state index contributed by atoms with van der Waals surface area (Å²) in [6, 6.07) is 0.0964. The summed E-state index contributed by atoms with van der Waals surface area (Å²) in [4.78, 5) is 11.0. The van der Waals surface area contributed by atoms with Crippen molar-refractivity contribution in [1.29, 1.82) is 0 Å². The molecule has 3 nitrogen and oxygen atoms in total. The average molecular weight is 267 g/mol. The van der Waals surface area contributed by atoms with Gasteiger partial charge in [0.1, 0.15) is 0 Å². The van der Waals surface area contributed by atoms with E-state index in [-0.39, 0.29) is 18.1 Å². The van der Waals surface area contributed by atoms with Gasteiger partial charge in [-0.3, -0.25) is 4.79 Å². The molecule has 0 aromatic heterocycles. The van der Waals surface area contributed by atoms with Crippen molar-refractivity contribution in [2.75, 3.05) is 6.61 Å². The molecule has 2 atom stereocenters. The van der Waals surface area contributed by atoms with Crippen LogP contribution in [0.15, 0.2) is 0 Å². The molecule has 0 aromatic carbocycles. The molecule has 0 bridgehead atoms. The fourth-order valence-corrected chi connectivity index (χ4v) is 3.50. The zero-order valence-electron chi connectivity index (χ0n) is 12.7. The molecule has 1 spiro atoms. The molecule has 110 valence electrons. The highest BCUT2D eigenvalue weighted by Gasteiger charge is 2.39. The van der Waals surface area contributed by atoms with Crippen LogP contribution < -0.4 is 5.32 Å². The second-order valence-corrected chi connectivity index (χ2v) is 6.82. The van der Waals surface area contributed by atoms with Crippen LogP contribution in [0, 0.1) is 11.3 Å². The Bertz CT molecular complexity index is 302. The van der Waals surface area contributed by atoms with E-state index in [4.69, 9.17) is 4.74 Å². The number of hydrogen-bond acceptors (Lipinski definition) is 2. The van der Waals surface area contributed by atoms with E-state index in [0.29, 0.717) is 0 Å². The number of nitrogens with one attached hydrogen (secondary N) is 1. The van der Waals surface area contributed by atoms with E-state index >= 15 is 0 Å². The first-order valence-corrected chi connectivity index (χ1v) is 7.89. The Hall–Kier alpha value is -0.570. The maximum Gasteiger partial charge on any atom is 0.217 e. The van der Waals surface area contributed by atoms with Crippen LogP contribution in [0.1, 0.15) is 65.7 Å². The van der Waals surface area contributed by atoms with E-state index in [0.717, 1.165) is 17.9 Å². The molecule has 2 aliphatic carbocycles. The third-order valence-corrected chi connectivity index (χ3v) is 5.31. The summed E-state index contributed by atoms with van der Waals surface area (Å²) in [6.45, 7) is 6.48. The topological polar surface area (TPSA) is 38.3 Å². The Kier molecular flexibility index (Phi) is 4.88. The van der Waals surface area contributed by atoms with Gasteiger partial charge in [-0.2, -0.15) is 0 Å². The van der Waals surface area contributed by atoms with Gasteiger partial charge in [-0.05, 0) is 63.7 Å². The highest BCUT2D eigenvalue weighted by atomic mass is 16.5. The molecule has 2 fully saturated rings. The minimum absolute atomic E-state index is 0.0209. The molecule has 1 amide bonds. The third kappa shape index (κ3) is 3.95. The highest BCUT2D eigenvalue weighted by Crippen LogP contribution is 2.52. The number of rotatable bonds is 5. The van der Waals surface area contributed by atoms with Crippen LogP contribution in [0.25, 0.3) is 0 Å². The normalized spacial score (nSPS) is 25.6. The third-order valence-electron chi connectivity index (χ3n) is 5.31. The lowest BCUT2D eigenvalue weighted by Crippen LogP contribution is -2.41. The molecule has 1 N–H and O–H groups in total. The van der Waals surface area contributed by atoms with Crippen LogP contribution in [0.4, 0.5) is 0 Å². The lowest BCUT2D eigenvalue weighted by molar-refractivity contribution is -0.120. The van der Waals surface area contributed by atoms with Crippen LogP contribution in [0.2, 0.25) is 0 Å². The molecule has 0 aromatic rings. The predicted octanol–water partition coefficient (Wildman–Crippen LogP) is 3.28. The minimum Gasteiger partial charge on any atom is -0.376 e. The largest absolute Gasteiger partial charge is 0.376 e. The van der Waals surface area contributed by atoms with Crippen LogP contribution in [-0.4, -0.2) is 24.7 Å². The Morgan fingerprint density at radius 2 is 1.89 bits per heavy atom. The summed E-state index contributed by atoms with van der Waals surface area (Å²) >= 11 is 0. The van der Waals surface area contributed by atoms with Gasteiger partial charge in [0.05, 0.1) is 12.1 Å². The number of ether oxygens (including phenoxy) is 1. The summed E-state index contributed by atoms with van der Waals surface area (Å²) in [5.41, 5.74) is 0.742. The first kappa shape index (κ1) is 14.8. The molecule has 0 radical (unpaired) electrons. The average Bonchev–Trinajstić information content (AvgIpc) is 2.33. The van der Waals surface area contributed by atoms with Crippen molar-refractivity contribution < 1.29 is 9.53 Å². The Balaban J connectivity index is 1.64. The van der Waals surface area contributed by atoms with Crippen LogP contribution in [0.5, 0.6) is 0 Å². The van der Waals surface area contributed by atoms with Gasteiger partial charge in [0.15, 0.2) is 0 Å². The van der Waals surface area contributed by atoms with Crippen molar-refractivity contribution in [2.45, 2.75) is 77.9 Å². The fourth-order valence-electron chi connectivity index (χ4n) is 3.50. The Labute approximate surface area is 117 Å². The Morgan fingerprint density at radius 1 is 1.26 bits per heavy atom. The van der Waals surface area contributed by atoms with E-state index in [2.05, 4.69) is 12.2 Å². The monoisotopic (exact) mass is 267 g/mol. The molecule has 2 saturated carbocycles. The molecule has 0 aliphatic heterocycles. The van der Waals surface area contributed by atoms with Gasteiger partial charge in [-0.15, -0.1) is 0 Å². The quantitative estimate of drug-likeness (QED) is 0.830. The van der Waals surface area contributed by atoms with Gasteiger partial charge in [0.2, 0.25) is 5.91 Å². The van der Waals surface area contributed by atoms with Gasteiger partial charge in [0, 0.05) is 13.5 Å². The molecular weight excluding hydrogens is 238 g/mol. The van der Waals surface area contributed by atoms with Crippen molar-refractivity contribution in [2.24, 2.45) is 11.3 Å². The van der Waals surface area contributed by atoms with Crippen LogP contribution in [0.3, 0.4) is 0 Å². The molecule has 0 saturated heterocycles. The lowest BCUT2D eigenvalue weighted by atomic mass is 9.59. The van der Waals surface area contributed by atoms with Crippen molar-refractivity contribution in [1.82, 2.24) is 5.32 Å². The van der Waals surface area contributed by atoms with Crippen LogP contribution >= 0.6 is 0 Å². The van der Waals surface area contributed by atoms with E-state index in [9.17, 15) is 4.79 Å². The van der Waals surface area contributed by atoms with Gasteiger partial charge in [0.25, 0.3) is 0 Å². The van der Waals surface area contributed by atoms with Crippen LogP contribution in [-0.2, 0) is 9.53 Å². The number of amides is 1. The SMILES string of the molecule is CC(=O)NC(C)C(C)OCC1CCC2(CCC2)CC1. The maximum atomic E-state index is 11.0. The highest BCUT2D eigenvalue weighted by molar-refractivity contribution is 5.73. The molecular formula is C16H29NO2. The van der Waals surface area contributed by atoms with E-state index < -0.39 is 0 Å². The first-order valence-electron chi connectivity index (χ1n) is 7.89. The summed E-state index contributed by atoms with van der Waals surface area (Å²) in [5, 5.41) is 2.90. The summed E-state index contributed by atoms with van der Waals surface area (Å²) in [6.07, 6.45) is 9.98. The van der Waals surface area contributed by atoms with Crippen molar-refractivity contribution in [3.05, 3.63) is 0 Å². The first-order chi connectivity index (χ1) is 9.01. The maximum absolute atomic E-state index is 11.0. The van der Waals surface area contributed by atoms with Gasteiger partial charge in [-0.1, -0.05) is 6.42 Å². The van der Waals surface area contributed by atoms with Crippen molar-refractivity contribution in [3.8, 4) is 0 Å². The second-order valence-electron chi connectivity index (χ2n) is 6.82. The van der Waals surface area contributed by atoms with Gasteiger partial charge >= 0.3 is 0 Å². The molecule has 2 rings (SSSR count).